The Morgan fingerprint density at radius 2 is 2.40 bits per heavy atom. The van der Waals surface area contributed by atoms with Crippen LogP contribution in [0, 0.1) is 0 Å². The minimum Gasteiger partial charge on any atom is -0.313 e. The monoisotopic (exact) mass is 228 g/mol. The van der Waals surface area contributed by atoms with E-state index in [-0.39, 0.29) is 0 Å². The summed E-state index contributed by atoms with van der Waals surface area (Å²) in [7, 11) is 1.94. The Morgan fingerprint density at radius 3 is 2.93 bits per heavy atom. The summed E-state index contributed by atoms with van der Waals surface area (Å²) in [5, 5.41) is 7.61. The highest BCUT2D eigenvalue weighted by molar-refractivity contribution is 7.98. The molecule has 5 heteroatoms. The van der Waals surface area contributed by atoms with Gasteiger partial charge in [-0.15, -0.1) is 0 Å². The molecule has 4 nitrogen and oxygen atoms in total. The van der Waals surface area contributed by atoms with Crippen molar-refractivity contribution < 1.29 is 0 Å². The van der Waals surface area contributed by atoms with Gasteiger partial charge < -0.3 is 5.32 Å². The molecule has 1 aromatic rings. The van der Waals surface area contributed by atoms with Crippen LogP contribution in [0.4, 0.5) is 0 Å². The van der Waals surface area contributed by atoms with Gasteiger partial charge in [-0.25, -0.2) is 4.98 Å². The van der Waals surface area contributed by atoms with E-state index in [0.29, 0.717) is 6.04 Å². The van der Waals surface area contributed by atoms with Gasteiger partial charge in [-0.05, 0) is 19.2 Å². The molecule has 1 heterocycles. The maximum Gasteiger partial charge on any atom is 0.138 e. The molecule has 0 spiro atoms. The van der Waals surface area contributed by atoms with E-state index in [1.54, 1.807) is 6.33 Å². The van der Waals surface area contributed by atoms with E-state index < -0.39 is 0 Å². The number of nitrogens with one attached hydrogen (secondary N) is 1. The summed E-state index contributed by atoms with van der Waals surface area (Å²) < 4.78 is 1.85. The predicted octanol–water partition coefficient (Wildman–Crippen LogP) is 1.09. The van der Waals surface area contributed by atoms with Gasteiger partial charge in [0.1, 0.15) is 12.2 Å². The minimum atomic E-state index is 0.503. The summed E-state index contributed by atoms with van der Waals surface area (Å²) in [6.45, 7) is 3.26. The van der Waals surface area contributed by atoms with Crippen LogP contribution in [0.15, 0.2) is 6.33 Å². The first kappa shape index (κ1) is 12.5. The molecule has 0 saturated carbocycles. The molecular formula is C10H20N4S. The van der Waals surface area contributed by atoms with Crippen LogP contribution in [0.25, 0.3) is 0 Å². The van der Waals surface area contributed by atoms with Crippen molar-refractivity contribution in [3.63, 3.8) is 0 Å². The number of thioether (sulfide) groups is 1. The van der Waals surface area contributed by atoms with E-state index in [1.807, 2.05) is 23.5 Å². The predicted molar refractivity (Wildman–Crippen MR) is 65.2 cm³/mol. The van der Waals surface area contributed by atoms with Gasteiger partial charge in [0.25, 0.3) is 0 Å². The lowest BCUT2D eigenvalue weighted by Crippen LogP contribution is -2.34. The molecular weight excluding hydrogens is 208 g/mol. The van der Waals surface area contributed by atoms with E-state index in [4.69, 9.17) is 0 Å². The second kappa shape index (κ2) is 6.85. The van der Waals surface area contributed by atoms with Crippen LogP contribution in [0.1, 0.15) is 19.2 Å². The van der Waals surface area contributed by atoms with E-state index in [9.17, 15) is 0 Å². The number of aromatic nitrogens is 3. The van der Waals surface area contributed by atoms with Gasteiger partial charge in [0.05, 0.1) is 0 Å². The van der Waals surface area contributed by atoms with Crippen molar-refractivity contribution in [3.05, 3.63) is 12.2 Å². The van der Waals surface area contributed by atoms with Crippen LogP contribution in [0.3, 0.4) is 0 Å². The van der Waals surface area contributed by atoms with Crippen molar-refractivity contribution in [1.82, 2.24) is 20.1 Å². The maximum atomic E-state index is 4.25. The van der Waals surface area contributed by atoms with Crippen LogP contribution in [-0.4, -0.2) is 39.4 Å². The average molecular weight is 228 g/mol. The minimum absolute atomic E-state index is 0.503. The van der Waals surface area contributed by atoms with Crippen molar-refractivity contribution in [1.29, 1.82) is 0 Å². The molecule has 0 bridgehead atoms. The molecule has 1 unspecified atom stereocenters. The van der Waals surface area contributed by atoms with Crippen molar-refractivity contribution in [3.8, 4) is 0 Å². The number of aryl methyl sites for hydroxylation is 1. The van der Waals surface area contributed by atoms with Gasteiger partial charge >= 0.3 is 0 Å². The Labute approximate surface area is 95.9 Å². The van der Waals surface area contributed by atoms with Crippen LogP contribution >= 0.6 is 11.8 Å². The van der Waals surface area contributed by atoms with E-state index in [1.165, 1.54) is 6.42 Å². The summed E-state index contributed by atoms with van der Waals surface area (Å²) in [5.41, 5.74) is 0. The molecule has 0 aliphatic carbocycles. The molecule has 1 rings (SSSR count). The largest absolute Gasteiger partial charge is 0.313 e. The topological polar surface area (TPSA) is 42.7 Å². The molecule has 86 valence electrons. The lowest BCUT2D eigenvalue weighted by Gasteiger charge is -2.16. The zero-order valence-electron chi connectivity index (χ0n) is 9.73. The molecule has 1 N–H and O–H groups in total. The first-order chi connectivity index (χ1) is 7.27. The molecule has 0 aliphatic heterocycles. The summed E-state index contributed by atoms with van der Waals surface area (Å²) in [5.74, 6) is 2.17. The molecule has 0 aromatic carbocycles. The molecule has 0 aliphatic rings. The number of hydrogen-bond acceptors (Lipinski definition) is 4. The van der Waals surface area contributed by atoms with Gasteiger partial charge in [-0.2, -0.15) is 16.9 Å². The third kappa shape index (κ3) is 4.22. The molecule has 0 fully saturated rings. The number of rotatable bonds is 7. The number of hydrogen-bond donors (Lipinski definition) is 1. The third-order valence-electron chi connectivity index (χ3n) is 2.28. The van der Waals surface area contributed by atoms with Gasteiger partial charge in [0.15, 0.2) is 0 Å². The second-order valence-corrected chi connectivity index (χ2v) is 4.52. The SMILES string of the molecule is CCCNC(CSC)Cc1ncnn1C. The molecule has 1 atom stereocenters. The fraction of sp³-hybridized carbons (Fsp3) is 0.800. The molecule has 0 radical (unpaired) electrons. The summed E-state index contributed by atoms with van der Waals surface area (Å²) in [4.78, 5) is 4.25. The second-order valence-electron chi connectivity index (χ2n) is 3.61. The Kier molecular flexibility index (Phi) is 5.71. The Hall–Kier alpha value is -0.550. The fourth-order valence-corrected chi connectivity index (χ4v) is 2.10. The highest BCUT2D eigenvalue weighted by atomic mass is 32.2. The summed E-state index contributed by atoms with van der Waals surface area (Å²) in [6, 6.07) is 0.503. The smallest absolute Gasteiger partial charge is 0.138 e. The van der Waals surface area contributed by atoms with Crippen LogP contribution < -0.4 is 5.32 Å². The normalized spacial score (nSPS) is 13.0. The Balaban J connectivity index is 2.46. The van der Waals surface area contributed by atoms with E-state index in [2.05, 4.69) is 28.6 Å². The highest BCUT2D eigenvalue weighted by Crippen LogP contribution is 2.04. The zero-order valence-corrected chi connectivity index (χ0v) is 10.5. The van der Waals surface area contributed by atoms with E-state index in [0.717, 1.165) is 24.5 Å². The van der Waals surface area contributed by atoms with Gasteiger partial charge in [0, 0.05) is 25.3 Å². The van der Waals surface area contributed by atoms with E-state index >= 15 is 0 Å². The summed E-state index contributed by atoms with van der Waals surface area (Å²) >= 11 is 1.87. The van der Waals surface area contributed by atoms with Gasteiger partial charge in [-0.1, -0.05) is 6.92 Å². The molecule has 0 saturated heterocycles. The highest BCUT2D eigenvalue weighted by Gasteiger charge is 2.11. The first-order valence-corrected chi connectivity index (χ1v) is 6.72. The van der Waals surface area contributed by atoms with Gasteiger partial charge in [-0.3, -0.25) is 4.68 Å². The third-order valence-corrected chi connectivity index (χ3v) is 3.02. The van der Waals surface area contributed by atoms with Crippen LogP contribution in [-0.2, 0) is 13.5 Å². The van der Waals surface area contributed by atoms with Crippen LogP contribution in [0.2, 0.25) is 0 Å². The Morgan fingerprint density at radius 1 is 1.60 bits per heavy atom. The standard InChI is InChI=1S/C10H20N4S/c1-4-5-11-9(7-15-3)6-10-12-8-13-14(10)2/h8-9,11H,4-7H2,1-3H3. The first-order valence-electron chi connectivity index (χ1n) is 5.33. The zero-order chi connectivity index (χ0) is 11.1. The maximum absolute atomic E-state index is 4.25. The summed E-state index contributed by atoms with van der Waals surface area (Å²) in [6.07, 6.45) is 5.88. The molecule has 0 amide bonds. The molecule has 15 heavy (non-hydrogen) atoms. The lowest BCUT2D eigenvalue weighted by atomic mass is 10.2. The Bertz CT molecular complexity index is 274. The lowest BCUT2D eigenvalue weighted by molar-refractivity contribution is 0.526. The van der Waals surface area contributed by atoms with Crippen LogP contribution in [0.5, 0.6) is 0 Å². The fourth-order valence-electron chi connectivity index (χ4n) is 1.46. The quantitative estimate of drug-likeness (QED) is 0.758. The van der Waals surface area contributed by atoms with Gasteiger partial charge in [0.2, 0.25) is 0 Å². The molecule has 1 aromatic heterocycles. The van der Waals surface area contributed by atoms with Crippen molar-refractivity contribution in [2.75, 3.05) is 18.6 Å². The average Bonchev–Trinajstić information content (AvgIpc) is 2.61. The van der Waals surface area contributed by atoms with Crippen molar-refractivity contribution in [2.45, 2.75) is 25.8 Å². The van der Waals surface area contributed by atoms with Crippen molar-refractivity contribution >= 4 is 11.8 Å². The van der Waals surface area contributed by atoms with Crippen molar-refractivity contribution in [2.24, 2.45) is 7.05 Å². The number of nitrogens with zero attached hydrogens (tertiary/aromatic N) is 3.